The summed E-state index contributed by atoms with van der Waals surface area (Å²) in [5, 5.41) is 3.13. The number of amides is 1. The number of anilines is 1. The molecule has 1 amide bonds. The van der Waals surface area contributed by atoms with Gasteiger partial charge in [-0.25, -0.2) is 0 Å². The lowest BCUT2D eigenvalue weighted by atomic mass is 9.85. The van der Waals surface area contributed by atoms with Gasteiger partial charge in [0, 0.05) is 11.7 Å². The van der Waals surface area contributed by atoms with Crippen LogP contribution in [0.4, 0.5) is 18.9 Å². The fourth-order valence-electron chi connectivity index (χ4n) is 2.61. The Hall–Kier alpha value is -1.72. The van der Waals surface area contributed by atoms with Crippen LogP contribution in [0, 0.1) is 5.92 Å². The molecular weight excluding hydrogens is 269 g/mol. The van der Waals surface area contributed by atoms with Crippen molar-refractivity contribution in [2.45, 2.75) is 37.9 Å². The largest absolute Gasteiger partial charge is 0.391 e. The van der Waals surface area contributed by atoms with E-state index in [-0.39, 0.29) is 18.9 Å². The number of halogens is 3. The van der Waals surface area contributed by atoms with Gasteiger partial charge in [-0.1, -0.05) is 12.1 Å². The minimum Gasteiger partial charge on any atom is -0.382 e. The maximum Gasteiger partial charge on any atom is 0.391 e. The van der Waals surface area contributed by atoms with E-state index < -0.39 is 18.0 Å². The predicted molar refractivity (Wildman–Crippen MR) is 70.4 cm³/mol. The quantitative estimate of drug-likeness (QED) is 0.895. The van der Waals surface area contributed by atoms with E-state index in [2.05, 4.69) is 5.32 Å². The molecule has 1 aromatic carbocycles. The molecule has 0 aliphatic heterocycles. The third-order valence-electron chi connectivity index (χ3n) is 3.74. The number of alkyl halides is 3. The van der Waals surface area contributed by atoms with Crippen LogP contribution in [0.2, 0.25) is 0 Å². The average molecular weight is 286 g/mol. The normalized spacial score (nSPS) is 23.4. The van der Waals surface area contributed by atoms with Crippen LogP contribution in [-0.2, 0) is 0 Å². The summed E-state index contributed by atoms with van der Waals surface area (Å²) in [7, 11) is 0. The van der Waals surface area contributed by atoms with E-state index in [1.165, 1.54) is 0 Å². The van der Waals surface area contributed by atoms with Gasteiger partial charge in [0.2, 0.25) is 0 Å². The Bertz CT molecular complexity index is 480. The molecule has 1 fully saturated rings. The predicted octanol–water partition coefficient (Wildman–Crippen LogP) is 3.32. The molecule has 0 spiro atoms. The van der Waals surface area contributed by atoms with Crippen LogP contribution in [0.25, 0.3) is 0 Å². The topological polar surface area (TPSA) is 55.1 Å². The van der Waals surface area contributed by atoms with Gasteiger partial charge < -0.3 is 11.1 Å². The summed E-state index contributed by atoms with van der Waals surface area (Å²) < 4.78 is 37.8. The molecule has 0 bridgehead atoms. The van der Waals surface area contributed by atoms with Crippen LogP contribution >= 0.6 is 0 Å². The zero-order valence-electron chi connectivity index (χ0n) is 10.9. The molecule has 1 aromatic rings. The van der Waals surface area contributed by atoms with Crippen LogP contribution < -0.4 is 11.1 Å². The van der Waals surface area contributed by atoms with Gasteiger partial charge in [0.05, 0.1) is 11.5 Å². The average Bonchev–Trinajstić information content (AvgIpc) is 2.38. The molecule has 0 radical (unpaired) electrons. The van der Waals surface area contributed by atoms with Gasteiger partial charge in [-0.3, -0.25) is 4.79 Å². The van der Waals surface area contributed by atoms with Crippen LogP contribution in [-0.4, -0.2) is 18.1 Å². The molecule has 0 saturated heterocycles. The highest BCUT2D eigenvalue weighted by atomic mass is 19.4. The van der Waals surface area contributed by atoms with E-state index in [1.807, 2.05) is 0 Å². The molecule has 3 N–H and O–H groups in total. The highest BCUT2D eigenvalue weighted by Crippen LogP contribution is 2.38. The van der Waals surface area contributed by atoms with E-state index in [0.717, 1.165) is 0 Å². The summed E-state index contributed by atoms with van der Waals surface area (Å²) in [6.45, 7) is 0. The van der Waals surface area contributed by atoms with Crippen LogP contribution in [0.15, 0.2) is 24.3 Å². The van der Waals surface area contributed by atoms with Gasteiger partial charge in [-0.05, 0) is 37.8 Å². The lowest BCUT2D eigenvalue weighted by Crippen LogP contribution is -2.33. The minimum atomic E-state index is -4.10. The molecule has 1 aliphatic rings. The molecule has 0 heterocycles. The Labute approximate surface area is 115 Å². The first-order valence-corrected chi connectivity index (χ1v) is 6.60. The van der Waals surface area contributed by atoms with Gasteiger partial charge in [0.1, 0.15) is 0 Å². The number of nitrogens with two attached hydrogens (primary N) is 1. The fourth-order valence-corrected chi connectivity index (χ4v) is 2.61. The molecule has 6 heteroatoms. The summed E-state index contributed by atoms with van der Waals surface area (Å²) in [4.78, 5) is 11.3. The highest BCUT2D eigenvalue weighted by Gasteiger charge is 2.41. The number of benzene rings is 1. The second-order valence-electron chi connectivity index (χ2n) is 5.14. The lowest BCUT2D eigenvalue weighted by Gasteiger charge is -2.31. The van der Waals surface area contributed by atoms with E-state index in [0.29, 0.717) is 24.1 Å². The zero-order valence-corrected chi connectivity index (χ0v) is 10.9. The van der Waals surface area contributed by atoms with Gasteiger partial charge >= 0.3 is 6.18 Å². The first-order chi connectivity index (χ1) is 9.38. The van der Waals surface area contributed by atoms with Gasteiger partial charge in [0.25, 0.3) is 5.91 Å². The van der Waals surface area contributed by atoms with Gasteiger partial charge in [-0.2, -0.15) is 13.2 Å². The Morgan fingerprint density at radius 2 is 1.75 bits per heavy atom. The molecule has 0 aromatic heterocycles. The molecule has 1 saturated carbocycles. The molecular formula is C14H17F3N2O. The molecule has 0 atom stereocenters. The minimum absolute atomic E-state index is 0.0471. The summed E-state index contributed by atoms with van der Waals surface area (Å²) >= 11 is 0. The summed E-state index contributed by atoms with van der Waals surface area (Å²) in [6.07, 6.45) is -2.97. The third-order valence-corrected chi connectivity index (χ3v) is 3.74. The fraction of sp³-hybridized carbons (Fsp3) is 0.500. The van der Waals surface area contributed by atoms with Crippen molar-refractivity contribution in [1.29, 1.82) is 0 Å². The molecule has 110 valence electrons. The standard InChI is InChI=1S/C14H17F3N2O/c15-14(16,17)9-5-7-10(8-6-9)19-12-4-2-1-3-11(12)13(18)20/h1-4,9-10,19H,5-8H2,(H2,18,20)/t9-,10-. The Morgan fingerprint density at radius 3 is 2.30 bits per heavy atom. The Balaban J connectivity index is 1.98. The monoisotopic (exact) mass is 286 g/mol. The van der Waals surface area contributed by atoms with Crippen molar-refractivity contribution in [2.75, 3.05) is 5.32 Å². The van der Waals surface area contributed by atoms with E-state index in [1.54, 1.807) is 24.3 Å². The van der Waals surface area contributed by atoms with E-state index in [4.69, 9.17) is 5.73 Å². The van der Waals surface area contributed by atoms with Crippen molar-refractivity contribution in [3.05, 3.63) is 29.8 Å². The number of nitrogens with one attached hydrogen (secondary N) is 1. The Kier molecular flexibility index (Phi) is 4.20. The van der Waals surface area contributed by atoms with Crippen LogP contribution in [0.5, 0.6) is 0 Å². The molecule has 3 nitrogen and oxygen atoms in total. The molecule has 0 unspecified atom stereocenters. The molecule has 20 heavy (non-hydrogen) atoms. The van der Waals surface area contributed by atoms with Gasteiger partial charge in [-0.15, -0.1) is 0 Å². The lowest BCUT2D eigenvalue weighted by molar-refractivity contribution is -0.182. The Morgan fingerprint density at radius 1 is 1.15 bits per heavy atom. The first-order valence-electron chi connectivity index (χ1n) is 6.60. The van der Waals surface area contributed by atoms with E-state index in [9.17, 15) is 18.0 Å². The maximum atomic E-state index is 12.6. The smallest absolute Gasteiger partial charge is 0.382 e. The first kappa shape index (κ1) is 14.7. The second-order valence-corrected chi connectivity index (χ2v) is 5.14. The van der Waals surface area contributed by atoms with Crippen LogP contribution in [0.3, 0.4) is 0 Å². The third kappa shape index (κ3) is 3.43. The summed E-state index contributed by atoms with van der Waals surface area (Å²) in [6, 6.07) is 6.73. The summed E-state index contributed by atoms with van der Waals surface area (Å²) in [5.74, 6) is -1.75. The number of primary amides is 1. The number of carbonyl (C=O) groups is 1. The highest BCUT2D eigenvalue weighted by molar-refractivity contribution is 5.98. The molecule has 1 aliphatic carbocycles. The van der Waals surface area contributed by atoms with Crippen molar-refractivity contribution < 1.29 is 18.0 Å². The van der Waals surface area contributed by atoms with Crippen molar-refractivity contribution in [1.82, 2.24) is 0 Å². The SMILES string of the molecule is NC(=O)c1ccccc1N[C@H]1CC[C@H](C(F)(F)F)CC1. The number of hydrogen-bond acceptors (Lipinski definition) is 2. The number of para-hydroxylation sites is 1. The number of carbonyl (C=O) groups excluding carboxylic acids is 1. The number of rotatable bonds is 3. The van der Waals surface area contributed by atoms with Crippen LogP contribution in [0.1, 0.15) is 36.0 Å². The van der Waals surface area contributed by atoms with Crippen molar-refractivity contribution in [3.63, 3.8) is 0 Å². The maximum absolute atomic E-state index is 12.6. The zero-order chi connectivity index (χ0) is 14.8. The summed E-state index contributed by atoms with van der Waals surface area (Å²) in [5.41, 5.74) is 6.23. The van der Waals surface area contributed by atoms with Crippen molar-refractivity contribution in [3.8, 4) is 0 Å². The van der Waals surface area contributed by atoms with Gasteiger partial charge in [0.15, 0.2) is 0 Å². The molecule has 2 rings (SSSR count). The number of hydrogen-bond donors (Lipinski definition) is 2. The van der Waals surface area contributed by atoms with Crippen molar-refractivity contribution in [2.24, 2.45) is 11.7 Å². The second kappa shape index (κ2) is 5.73. The van der Waals surface area contributed by atoms with Crippen molar-refractivity contribution >= 4 is 11.6 Å². The van der Waals surface area contributed by atoms with E-state index >= 15 is 0 Å².